The lowest BCUT2D eigenvalue weighted by molar-refractivity contribution is 0.100. The van der Waals surface area contributed by atoms with Gasteiger partial charge in [0, 0.05) is 11.1 Å². The van der Waals surface area contributed by atoms with E-state index in [2.05, 4.69) is 11.4 Å². The first-order valence-corrected chi connectivity index (χ1v) is 9.77. The molecule has 0 unspecified atom stereocenters. The third-order valence-electron chi connectivity index (χ3n) is 4.90. The molecule has 6 nitrogen and oxygen atoms in total. The standard InChI is InChI=1S/C20H20N4O2S/c21-16-13-10-11-6-2-1-3-8-14(11)24-20(13)27-17(16)19(26)23-15-9-5-4-7-12(15)18(22)25/h4-5,7,9-10H,1-3,6,8,21H2,(H2,22,25)(H,23,26). The van der Waals surface area contributed by atoms with Crippen LogP contribution in [0.5, 0.6) is 0 Å². The summed E-state index contributed by atoms with van der Waals surface area (Å²) >= 11 is 1.28. The van der Waals surface area contributed by atoms with Crippen molar-refractivity contribution in [2.24, 2.45) is 5.73 Å². The van der Waals surface area contributed by atoms with Crippen LogP contribution in [0.4, 0.5) is 11.4 Å². The Morgan fingerprint density at radius 2 is 1.89 bits per heavy atom. The summed E-state index contributed by atoms with van der Waals surface area (Å²) in [5.41, 5.74) is 15.1. The zero-order valence-corrected chi connectivity index (χ0v) is 15.6. The Labute approximate surface area is 160 Å². The number of carbonyl (C=O) groups excluding carboxylic acids is 2. The van der Waals surface area contributed by atoms with Crippen LogP contribution in [0.25, 0.3) is 10.2 Å². The van der Waals surface area contributed by atoms with Crippen LogP contribution >= 0.6 is 11.3 Å². The molecule has 0 radical (unpaired) electrons. The number of carbonyl (C=O) groups is 2. The van der Waals surface area contributed by atoms with E-state index in [0.29, 0.717) is 16.3 Å². The van der Waals surface area contributed by atoms with Crippen molar-refractivity contribution in [3.8, 4) is 0 Å². The minimum atomic E-state index is -0.597. The zero-order valence-electron chi connectivity index (χ0n) is 14.7. The second-order valence-electron chi connectivity index (χ2n) is 6.72. The highest BCUT2D eigenvalue weighted by Crippen LogP contribution is 2.35. The van der Waals surface area contributed by atoms with Crippen molar-refractivity contribution in [1.82, 2.24) is 4.98 Å². The number of benzene rings is 1. The molecule has 0 saturated heterocycles. The van der Waals surface area contributed by atoms with E-state index in [1.165, 1.54) is 23.3 Å². The number of primary amides is 1. The van der Waals surface area contributed by atoms with Crippen molar-refractivity contribution in [2.45, 2.75) is 32.1 Å². The van der Waals surface area contributed by atoms with Crippen LogP contribution in [0, 0.1) is 0 Å². The first kappa shape index (κ1) is 17.5. The van der Waals surface area contributed by atoms with Crippen molar-refractivity contribution in [2.75, 3.05) is 11.1 Å². The van der Waals surface area contributed by atoms with Crippen LogP contribution in [0.3, 0.4) is 0 Å². The Balaban J connectivity index is 1.71. The lowest BCUT2D eigenvalue weighted by Crippen LogP contribution is -2.18. The van der Waals surface area contributed by atoms with E-state index in [1.807, 2.05) is 0 Å². The molecule has 0 bridgehead atoms. The van der Waals surface area contributed by atoms with E-state index in [9.17, 15) is 9.59 Å². The van der Waals surface area contributed by atoms with E-state index < -0.39 is 5.91 Å². The van der Waals surface area contributed by atoms with Crippen LogP contribution in [0.15, 0.2) is 30.3 Å². The molecule has 0 atom stereocenters. The molecule has 1 aliphatic carbocycles. The summed E-state index contributed by atoms with van der Waals surface area (Å²) in [6.45, 7) is 0. The number of aryl methyl sites for hydroxylation is 2. The normalized spacial score (nSPS) is 13.8. The predicted octanol–water partition coefficient (Wildman–Crippen LogP) is 3.50. The maximum Gasteiger partial charge on any atom is 0.267 e. The zero-order chi connectivity index (χ0) is 19.0. The topological polar surface area (TPSA) is 111 Å². The van der Waals surface area contributed by atoms with Gasteiger partial charge in [0.05, 0.1) is 16.9 Å². The molecule has 3 aromatic rings. The SMILES string of the molecule is NC(=O)c1ccccc1NC(=O)c1sc2nc3c(cc2c1N)CCCCC3. The van der Waals surface area contributed by atoms with E-state index in [1.54, 1.807) is 24.3 Å². The molecule has 5 N–H and O–H groups in total. The summed E-state index contributed by atoms with van der Waals surface area (Å²) in [5.74, 6) is -0.958. The molecule has 1 aliphatic rings. The van der Waals surface area contributed by atoms with Crippen molar-refractivity contribution in [3.63, 3.8) is 0 Å². The number of pyridine rings is 1. The highest BCUT2D eigenvalue weighted by molar-refractivity contribution is 7.21. The van der Waals surface area contributed by atoms with Crippen molar-refractivity contribution in [3.05, 3.63) is 52.0 Å². The number of hydrogen-bond acceptors (Lipinski definition) is 5. The Morgan fingerprint density at radius 1 is 1.11 bits per heavy atom. The number of rotatable bonds is 3. The molecule has 2 aromatic heterocycles. The first-order valence-electron chi connectivity index (χ1n) is 8.95. The molecule has 27 heavy (non-hydrogen) atoms. The number of nitrogens with zero attached hydrogens (tertiary/aromatic N) is 1. The fourth-order valence-electron chi connectivity index (χ4n) is 3.49. The molecule has 0 aliphatic heterocycles. The molecule has 2 amide bonds. The molecule has 138 valence electrons. The number of nitrogens with one attached hydrogen (secondary N) is 1. The number of anilines is 2. The third kappa shape index (κ3) is 3.26. The van der Waals surface area contributed by atoms with Gasteiger partial charge in [-0.25, -0.2) is 4.98 Å². The summed E-state index contributed by atoms with van der Waals surface area (Å²) in [6.07, 6.45) is 5.48. The first-order chi connectivity index (χ1) is 13.0. The molecular formula is C20H20N4O2S. The quantitative estimate of drug-likeness (QED) is 0.604. The van der Waals surface area contributed by atoms with Gasteiger partial charge in [0.15, 0.2) is 0 Å². The number of nitrogen functional groups attached to an aromatic ring is 1. The molecule has 1 aromatic carbocycles. The van der Waals surface area contributed by atoms with Crippen molar-refractivity contribution >= 4 is 44.7 Å². The molecule has 7 heteroatoms. The van der Waals surface area contributed by atoms with Crippen LogP contribution in [-0.2, 0) is 12.8 Å². The van der Waals surface area contributed by atoms with Crippen LogP contribution < -0.4 is 16.8 Å². The minimum Gasteiger partial charge on any atom is -0.397 e. The van der Waals surface area contributed by atoms with Crippen LogP contribution in [-0.4, -0.2) is 16.8 Å². The van der Waals surface area contributed by atoms with Gasteiger partial charge in [-0.1, -0.05) is 18.6 Å². The monoisotopic (exact) mass is 380 g/mol. The molecular weight excluding hydrogens is 360 g/mol. The van der Waals surface area contributed by atoms with E-state index >= 15 is 0 Å². The molecule has 2 heterocycles. The van der Waals surface area contributed by atoms with E-state index in [-0.39, 0.29) is 11.5 Å². The molecule has 0 spiro atoms. The summed E-state index contributed by atoms with van der Waals surface area (Å²) in [5, 5.41) is 3.58. The fraction of sp³-hybridized carbons (Fsp3) is 0.250. The fourth-order valence-corrected chi connectivity index (χ4v) is 4.48. The van der Waals surface area contributed by atoms with Crippen molar-refractivity contribution in [1.29, 1.82) is 0 Å². The van der Waals surface area contributed by atoms with Gasteiger partial charge in [-0.15, -0.1) is 11.3 Å². The van der Waals surface area contributed by atoms with Gasteiger partial charge in [0.25, 0.3) is 11.8 Å². The predicted molar refractivity (Wildman–Crippen MR) is 108 cm³/mol. The molecule has 0 saturated carbocycles. The van der Waals surface area contributed by atoms with Crippen LogP contribution in [0.2, 0.25) is 0 Å². The molecule has 0 fully saturated rings. The van der Waals surface area contributed by atoms with E-state index in [4.69, 9.17) is 16.5 Å². The third-order valence-corrected chi connectivity index (χ3v) is 6.01. The van der Waals surface area contributed by atoms with Gasteiger partial charge in [-0.2, -0.15) is 0 Å². The number of amides is 2. The van der Waals surface area contributed by atoms with Crippen molar-refractivity contribution < 1.29 is 9.59 Å². The lowest BCUT2D eigenvalue weighted by Gasteiger charge is -2.08. The number of thiophene rings is 1. The smallest absolute Gasteiger partial charge is 0.267 e. The summed E-state index contributed by atoms with van der Waals surface area (Å²) in [7, 11) is 0. The van der Waals surface area contributed by atoms with Gasteiger partial charge in [-0.3, -0.25) is 9.59 Å². The van der Waals surface area contributed by atoms with Gasteiger partial charge in [0.2, 0.25) is 0 Å². The van der Waals surface area contributed by atoms with Gasteiger partial charge in [-0.05, 0) is 49.4 Å². The van der Waals surface area contributed by atoms with Gasteiger partial charge < -0.3 is 16.8 Å². The maximum atomic E-state index is 12.8. The highest BCUT2D eigenvalue weighted by Gasteiger charge is 2.21. The second kappa shape index (κ2) is 7.00. The summed E-state index contributed by atoms with van der Waals surface area (Å²) < 4.78 is 0. The summed E-state index contributed by atoms with van der Waals surface area (Å²) in [4.78, 5) is 30.3. The number of nitrogens with two attached hydrogens (primary N) is 2. The average Bonchev–Trinajstić information content (AvgIpc) is 2.82. The number of hydrogen-bond donors (Lipinski definition) is 3. The highest BCUT2D eigenvalue weighted by atomic mass is 32.1. The summed E-state index contributed by atoms with van der Waals surface area (Å²) in [6, 6.07) is 8.73. The maximum absolute atomic E-state index is 12.8. The Kier molecular flexibility index (Phi) is 4.53. The minimum absolute atomic E-state index is 0.260. The van der Waals surface area contributed by atoms with Gasteiger partial charge >= 0.3 is 0 Å². The molecule has 4 rings (SSSR count). The van der Waals surface area contributed by atoms with Gasteiger partial charge in [0.1, 0.15) is 9.71 Å². The number of fused-ring (bicyclic) bond motifs is 2. The Hall–Kier alpha value is -2.93. The van der Waals surface area contributed by atoms with E-state index in [0.717, 1.165) is 41.6 Å². The second-order valence-corrected chi connectivity index (χ2v) is 7.72. The average molecular weight is 380 g/mol. The Morgan fingerprint density at radius 3 is 2.70 bits per heavy atom. The van der Waals surface area contributed by atoms with Crippen LogP contribution in [0.1, 0.15) is 50.5 Å². The number of para-hydroxylation sites is 1. The Bertz CT molecular complexity index is 1060. The number of aromatic nitrogens is 1. The lowest BCUT2D eigenvalue weighted by atomic mass is 10.1. The largest absolute Gasteiger partial charge is 0.397 e.